The number of aromatic hydroxyl groups is 1. The summed E-state index contributed by atoms with van der Waals surface area (Å²) in [5, 5.41) is 25.5. The number of hydrogen-bond acceptors (Lipinski definition) is 7. The number of nitro benzene ring substituents is 1. The van der Waals surface area contributed by atoms with Gasteiger partial charge in [-0.1, -0.05) is 29.3 Å². The first kappa shape index (κ1) is 25.3. The Labute approximate surface area is 212 Å². The fraction of sp³-hybridized carbons (Fsp3) is 0.0909. The second-order valence-electron chi connectivity index (χ2n) is 6.72. The minimum atomic E-state index is -0.816. The summed E-state index contributed by atoms with van der Waals surface area (Å²) in [6, 6.07) is 11.5. The molecule has 176 valence electrons. The molecular weight excluding hydrogens is 553 g/mol. The third-order valence-electron chi connectivity index (χ3n) is 4.45. The van der Waals surface area contributed by atoms with Crippen LogP contribution >= 0.6 is 39.1 Å². The Balaban J connectivity index is 1.73. The number of carbonyl (C=O) groups is 1. The molecule has 9 nitrogen and oxygen atoms in total. The molecule has 0 saturated heterocycles. The van der Waals surface area contributed by atoms with Crippen LogP contribution in [-0.2, 0) is 6.61 Å². The van der Waals surface area contributed by atoms with Gasteiger partial charge in [0.25, 0.3) is 11.6 Å². The van der Waals surface area contributed by atoms with Gasteiger partial charge in [0.2, 0.25) is 0 Å². The van der Waals surface area contributed by atoms with Crippen LogP contribution < -0.4 is 14.9 Å². The topological polar surface area (TPSA) is 123 Å². The SMILES string of the molecule is COc1cc(/C=N\NC(=O)c2cc([N+](=O)[O-])ccc2O)cc(Br)c1OCc1ccc(Cl)cc1Cl. The first-order chi connectivity index (χ1) is 16.2. The van der Waals surface area contributed by atoms with Gasteiger partial charge in [0.15, 0.2) is 11.5 Å². The van der Waals surface area contributed by atoms with Crippen molar-refractivity contribution < 1.29 is 24.3 Å². The Morgan fingerprint density at radius 2 is 2.00 bits per heavy atom. The molecule has 0 aliphatic rings. The molecule has 0 atom stereocenters. The molecule has 0 heterocycles. The van der Waals surface area contributed by atoms with Crippen LogP contribution in [0.25, 0.3) is 0 Å². The zero-order valence-corrected chi connectivity index (χ0v) is 20.5. The molecule has 0 radical (unpaired) electrons. The summed E-state index contributed by atoms with van der Waals surface area (Å²) >= 11 is 15.5. The predicted molar refractivity (Wildman–Crippen MR) is 131 cm³/mol. The number of benzene rings is 3. The van der Waals surface area contributed by atoms with E-state index in [1.807, 2.05) is 0 Å². The lowest BCUT2D eigenvalue weighted by atomic mass is 10.1. The normalized spacial score (nSPS) is 10.8. The number of nitro groups is 1. The quantitative estimate of drug-likeness (QED) is 0.203. The van der Waals surface area contributed by atoms with Crippen molar-refractivity contribution >= 4 is 56.9 Å². The van der Waals surface area contributed by atoms with Crippen LogP contribution in [0.5, 0.6) is 17.2 Å². The Bertz CT molecular complexity index is 1290. The van der Waals surface area contributed by atoms with E-state index in [9.17, 15) is 20.0 Å². The monoisotopic (exact) mass is 567 g/mol. The molecule has 3 aromatic rings. The van der Waals surface area contributed by atoms with Crippen LogP contribution in [0.4, 0.5) is 5.69 Å². The van der Waals surface area contributed by atoms with Gasteiger partial charge in [-0.15, -0.1) is 0 Å². The van der Waals surface area contributed by atoms with E-state index in [2.05, 4.69) is 26.5 Å². The molecular formula is C22H16BrCl2N3O6. The van der Waals surface area contributed by atoms with Crippen molar-refractivity contribution in [3.05, 3.63) is 89.9 Å². The molecule has 3 aromatic carbocycles. The maximum Gasteiger partial charge on any atom is 0.275 e. The van der Waals surface area contributed by atoms with Crippen LogP contribution in [0.2, 0.25) is 10.0 Å². The molecule has 0 aliphatic carbocycles. The van der Waals surface area contributed by atoms with Crippen molar-refractivity contribution in [2.75, 3.05) is 7.11 Å². The lowest BCUT2D eigenvalue weighted by Crippen LogP contribution is -2.18. The number of carbonyl (C=O) groups excluding carboxylic acids is 1. The maximum absolute atomic E-state index is 12.3. The van der Waals surface area contributed by atoms with E-state index in [4.69, 9.17) is 32.7 Å². The van der Waals surface area contributed by atoms with Crippen LogP contribution in [0.15, 0.2) is 58.1 Å². The first-order valence-corrected chi connectivity index (χ1v) is 11.0. The summed E-state index contributed by atoms with van der Waals surface area (Å²) in [6.45, 7) is 0.168. The van der Waals surface area contributed by atoms with Gasteiger partial charge < -0.3 is 14.6 Å². The standard InChI is InChI=1S/C22H16BrCl2N3O6/c1-33-20-7-12(6-17(23)21(20)34-11-13-2-3-14(24)8-18(13)25)10-26-27-22(30)16-9-15(28(31)32)4-5-19(16)29/h2-10,29H,11H2,1H3,(H,27,30)/b26-10-. The van der Waals surface area contributed by atoms with Crippen molar-refractivity contribution in [3.63, 3.8) is 0 Å². The number of ether oxygens (including phenoxy) is 2. The van der Waals surface area contributed by atoms with Gasteiger partial charge in [-0.05, 0) is 51.8 Å². The van der Waals surface area contributed by atoms with Crippen LogP contribution in [0, 0.1) is 10.1 Å². The molecule has 0 spiro atoms. The number of phenols is 1. The minimum Gasteiger partial charge on any atom is -0.507 e. The summed E-state index contributed by atoms with van der Waals surface area (Å²) in [4.78, 5) is 22.5. The average Bonchev–Trinajstić information content (AvgIpc) is 2.79. The summed E-state index contributed by atoms with van der Waals surface area (Å²) in [5.74, 6) is -0.409. The zero-order chi connectivity index (χ0) is 24.8. The van der Waals surface area contributed by atoms with E-state index >= 15 is 0 Å². The van der Waals surface area contributed by atoms with E-state index in [0.717, 1.165) is 23.8 Å². The van der Waals surface area contributed by atoms with E-state index in [0.29, 0.717) is 31.6 Å². The molecule has 1 amide bonds. The molecule has 2 N–H and O–H groups in total. The average molecular weight is 569 g/mol. The Morgan fingerprint density at radius 3 is 2.68 bits per heavy atom. The maximum atomic E-state index is 12.3. The second-order valence-corrected chi connectivity index (χ2v) is 8.41. The van der Waals surface area contributed by atoms with Gasteiger partial charge >= 0.3 is 0 Å². The number of hydrazone groups is 1. The largest absolute Gasteiger partial charge is 0.507 e. The van der Waals surface area contributed by atoms with E-state index in [1.165, 1.54) is 13.3 Å². The number of phenolic OH excluding ortho intramolecular Hbond substituents is 1. The van der Waals surface area contributed by atoms with Gasteiger partial charge in [-0.25, -0.2) is 5.43 Å². The Kier molecular flexibility index (Phi) is 8.32. The van der Waals surface area contributed by atoms with E-state index in [1.54, 1.807) is 30.3 Å². The molecule has 0 fully saturated rings. The van der Waals surface area contributed by atoms with Crippen molar-refractivity contribution in [1.29, 1.82) is 0 Å². The number of hydrogen-bond donors (Lipinski definition) is 2. The highest BCUT2D eigenvalue weighted by Crippen LogP contribution is 2.37. The molecule has 0 saturated carbocycles. The summed E-state index contributed by atoms with van der Waals surface area (Å²) in [6.07, 6.45) is 1.33. The number of rotatable bonds is 8. The highest BCUT2D eigenvalue weighted by Gasteiger charge is 2.16. The van der Waals surface area contributed by atoms with Crippen molar-refractivity contribution in [2.45, 2.75) is 6.61 Å². The molecule has 0 bridgehead atoms. The third kappa shape index (κ3) is 6.16. The second kappa shape index (κ2) is 11.2. The molecule has 12 heteroatoms. The number of methoxy groups -OCH3 is 1. The van der Waals surface area contributed by atoms with Crippen molar-refractivity contribution in [2.24, 2.45) is 5.10 Å². The predicted octanol–water partition coefficient (Wildman–Crippen LogP) is 5.72. The first-order valence-electron chi connectivity index (χ1n) is 9.44. The number of nitrogens with zero attached hydrogens (tertiary/aromatic N) is 2. The summed E-state index contributed by atoms with van der Waals surface area (Å²) in [7, 11) is 1.47. The lowest BCUT2D eigenvalue weighted by Gasteiger charge is -2.14. The van der Waals surface area contributed by atoms with Crippen LogP contribution in [-0.4, -0.2) is 29.3 Å². The van der Waals surface area contributed by atoms with E-state index < -0.39 is 16.6 Å². The smallest absolute Gasteiger partial charge is 0.275 e. The minimum absolute atomic E-state index is 0.168. The number of amides is 1. The fourth-order valence-corrected chi connectivity index (χ4v) is 3.83. The molecule has 0 unspecified atom stereocenters. The van der Waals surface area contributed by atoms with E-state index in [-0.39, 0.29) is 17.9 Å². The third-order valence-corrected chi connectivity index (χ3v) is 5.63. The Hall–Kier alpha value is -3.34. The van der Waals surface area contributed by atoms with Crippen LogP contribution in [0.3, 0.4) is 0 Å². The van der Waals surface area contributed by atoms with Gasteiger partial charge in [-0.3, -0.25) is 14.9 Å². The number of non-ortho nitro benzene ring substituents is 1. The van der Waals surface area contributed by atoms with Gasteiger partial charge in [-0.2, -0.15) is 5.10 Å². The van der Waals surface area contributed by atoms with Gasteiger partial charge in [0.05, 0.1) is 28.3 Å². The summed E-state index contributed by atoms with van der Waals surface area (Å²) < 4.78 is 11.8. The number of halogens is 3. The fourth-order valence-electron chi connectivity index (χ4n) is 2.79. The summed E-state index contributed by atoms with van der Waals surface area (Å²) in [5.41, 5.74) is 2.88. The van der Waals surface area contributed by atoms with Gasteiger partial charge in [0.1, 0.15) is 12.4 Å². The highest BCUT2D eigenvalue weighted by molar-refractivity contribution is 9.10. The number of nitrogens with one attached hydrogen (secondary N) is 1. The highest BCUT2D eigenvalue weighted by atomic mass is 79.9. The van der Waals surface area contributed by atoms with Gasteiger partial charge in [0, 0.05) is 27.7 Å². The molecule has 0 aromatic heterocycles. The van der Waals surface area contributed by atoms with Crippen LogP contribution in [0.1, 0.15) is 21.5 Å². The molecule has 34 heavy (non-hydrogen) atoms. The van der Waals surface area contributed by atoms with Crippen molar-refractivity contribution in [1.82, 2.24) is 5.43 Å². The molecule has 3 rings (SSSR count). The molecule has 0 aliphatic heterocycles. The Morgan fingerprint density at radius 1 is 1.24 bits per heavy atom. The zero-order valence-electron chi connectivity index (χ0n) is 17.4. The lowest BCUT2D eigenvalue weighted by molar-refractivity contribution is -0.384. The van der Waals surface area contributed by atoms with Crippen molar-refractivity contribution in [3.8, 4) is 17.2 Å².